The van der Waals surface area contributed by atoms with Crippen molar-refractivity contribution in [3.63, 3.8) is 0 Å². The van der Waals surface area contributed by atoms with Gasteiger partial charge in [0.05, 0.1) is 32.8 Å². The third kappa shape index (κ3) is 2.98. The van der Waals surface area contributed by atoms with E-state index in [4.69, 9.17) is 29.6 Å². The van der Waals surface area contributed by atoms with E-state index in [0.29, 0.717) is 10.7 Å². The molecule has 2 rings (SSSR count). The summed E-state index contributed by atoms with van der Waals surface area (Å²) in [5, 5.41) is 3.85. The lowest BCUT2D eigenvalue weighted by molar-refractivity contribution is 1.29. The van der Waals surface area contributed by atoms with Gasteiger partial charge in [-0.1, -0.05) is 29.9 Å². The Morgan fingerprint density at radius 3 is 2.72 bits per heavy atom. The van der Waals surface area contributed by atoms with Gasteiger partial charge >= 0.3 is 0 Å². The van der Waals surface area contributed by atoms with Crippen molar-refractivity contribution >= 4 is 56.1 Å². The Kier molecular flexibility index (Phi) is 4.16. The second-order valence-corrected chi connectivity index (χ2v) is 5.16. The number of nitrogens with zero attached hydrogens (tertiary/aromatic N) is 1. The molecule has 0 aliphatic heterocycles. The number of halogens is 2. The molecule has 0 unspecified atom stereocenters. The van der Waals surface area contributed by atoms with Crippen LogP contribution in [0.25, 0.3) is 0 Å². The van der Waals surface area contributed by atoms with Gasteiger partial charge in [0.2, 0.25) is 0 Å². The fraction of sp³-hybridized carbons (Fsp3) is 0. The molecule has 0 atom stereocenters. The zero-order valence-electron chi connectivity index (χ0n) is 9.15. The summed E-state index contributed by atoms with van der Waals surface area (Å²) in [5.74, 6) is 0. The van der Waals surface area contributed by atoms with E-state index in [1.807, 2.05) is 24.3 Å². The topological polar surface area (TPSA) is 50.9 Å². The Morgan fingerprint density at radius 2 is 2.11 bits per heavy atom. The zero-order chi connectivity index (χ0) is 13.1. The smallest absolute Gasteiger partial charge is 0.122 e. The van der Waals surface area contributed by atoms with E-state index in [9.17, 15) is 0 Å². The number of hydrogen-bond acceptors (Lipinski definition) is 3. The first-order chi connectivity index (χ1) is 8.58. The van der Waals surface area contributed by atoms with Crippen molar-refractivity contribution in [3.05, 3.63) is 51.7 Å². The predicted molar refractivity (Wildman–Crippen MR) is 82.6 cm³/mol. The van der Waals surface area contributed by atoms with Crippen LogP contribution in [0.5, 0.6) is 0 Å². The first-order valence-electron chi connectivity index (χ1n) is 5.05. The fourth-order valence-corrected chi connectivity index (χ4v) is 2.03. The van der Waals surface area contributed by atoms with Gasteiger partial charge in [-0.2, -0.15) is 0 Å². The molecule has 0 saturated heterocycles. The third-order valence-electron chi connectivity index (χ3n) is 2.25. The molecule has 0 aliphatic rings. The van der Waals surface area contributed by atoms with Gasteiger partial charge in [-0.15, -0.1) is 0 Å². The molecule has 92 valence electrons. The number of benzene rings is 1. The lowest BCUT2D eigenvalue weighted by Crippen LogP contribution is -2.11. The van der Waals surface area contributed by atoms with Crippen LogP contribution in [0.3, 0.4) is 0 Å². The molecule has 1 aromatic carbocycles. The maximum absolute atomic E-state index is 6.01. The predicted octanol–water partition coefficient (Wildman–Crippen LogP) is 3.88. The monoisotopic (exact) mass is 341 g/mol. The zero-order valence-corrected chi connectivity index (χ0v) is 12.3. The van der Waals surface area contributed by atoms with Crippen LogP contribution in [0, 0.1) is 0 Å². The Balaban J connectivity index is 2.24. The van der Waals surface area contributed by atoms with Gasteiger partial charge in [-0.25, -0.2) is 0 Å². The second-order valence-electron chi connectivity index (χ2n) is 3.52. The summed E-state index contributed by atoms with van der Waals surface area (Å²) in [6.45, 7) is 0. The van der Waals surface area contributed by atoms with E-state index in [-0.39, 0.29) is 4.99 Å². The molecule has 0 amide bonds. The van der Waals surface area contributed by atoms with E-state index >= 15 is 0 Å². The van der Waals surface area contributed by atoms with Gasteiger partial charge in [-0.05, 0) is 40.2 Å². The summed E-state index contributed by atoms with van der Waals surface area (Å²) < 4.78 is 0.810. The average molecular weight is 343 g/mol. The highest BCUT2D eigenvalue weighted by atomic mass is 79.9. The molecule has 0 saturated carbocycles. The maximum atomic E-state index is 6.01. The number of nitrogens with two attached hydrogens (primary N) is 1. The number of thiocarbonyl (C=S) groups is 1. The normalized spacial score (nSPS) is 10.1. The summed E-state index contributed by atoms with van der Waals surface area (Å²) in [6.07, 6.45) is 1.67. The summed E-state index contributed by atoms with van der Waals surface area (Å²) in [7, 11) is 0. The Labute approximate surface area is 123 Å². The molecule has 1 aromatic heterocycles. The van der Waals surface area contributed by atoms with E-state index < -0.39 is 0 Å². The lowest BCUT2D eigenvalue weighted by Gasteiger charge is -2.09. The standard InChI is InChI=1S/C12H9BrClN3S/c13-11-8(14)2-1-3-9(11)17-7-4-5-10(12(15)18)16-6-7/h1-6,17H,(H2,15,18). The number of anilines is 2. The molecular formula is C12H9BrClN3S. The minimum atomic E-state index is 0.283. The molecule has 0 fully saturated rings. The number of rotatable bonds is 3. The number of pyridine rings is 1. The largest absolute Gasteiger partial charge is 0.388 e. The van der Waals surface area contributed by atoms with E-state index in [1.54, 1.807) is 12.3 Å². The van der Waals surface area contributed by atoms with Gasteiger partial charge in [0.25, 0.3) is 0 Å². The molecule has 0 radical (unpaired) electrons. The van der Waals surface area contributed by atoms with Crippen LogP contribution in [-0.2, 0) is 0 Å². The summed E-state index contributed by atoms with van der Waals surface area (Å²) in [5.41, 5.74) is 7.78. The molecular weight excluding hydrogens is 334 g/mol. The Hall–Kier alpha value is -1.17. The Bertz CT molecular complexity index is 586. The van der Waals surface area contributed by atoms with Gasteiger partial charge < -0.3 is 11.1 Å². The van der Waals surface area contributed by atoms with Crippen molar-refractivity contribution in [1.29, 1.82) is 0 Å². The SMILES string of the molecule is NC(=S)c1ccc(Nc2cccc(Cl)c2Br)cn1. The van der Waals surface area contributed by atoms with Crippen molar-refractivity contribution in [2.75, 3.05) is 5.32 Å². The van der Waals surface area contributed by atoms with Crippen LogP contribution in [0.2, 0.25) is 5.02 Å². The van der Waals surface area contributed by atoms with Crippen LogP contribution >= 0.6 is 39.7 Å². The minimum absolute atomic E-state index is 0.283. The molecule has 18 heavy (non-hydrogen) atoms. The molecule has 3 N–H and O–H groups in total. The number of aromatic nitrogens is 1. The summed E-state index contributed by atoms with van der Waals surface area (Å²) >= 11 is 14.3. The van der Waals surface area contributed by atoms with E-state index in [0.717, 1.165) is 15.8 Å². The van der Waals surface area contributed by atoms with Crippen LogP contribution in [0.15, 0.2) is 41.0 Å². The highest BCUT2D eigenvalue weighted by Gasteiger charge is 2.04. The molecule has 0 aliphatic carbocycles. The third-order valence-corrected chi connectivity index (χ3v) is 3.85. The van der Waals surface area contributed by atoms with Crippen LogP contribution < -0.4 is 11.1 Å². The molecule has 0 spiro atoms. The van der Waals surface area contributed by atoms with Crippen LogP contribution in [-0.4, -0.2) is 9.97 Å². The van der Waals surface area contributed by atoms with Gasteiger partial charge in [0.1, 0.15) is 4.99 Å². The fourth-order valence-electron chi connectivity index (χ4n) is 1.37. The molecule has 3 nitrogen and oxygen atoms in total. The van der Waals surface area contributed by atoms with Gasteiger partial charge in [-0.3, -0.25) is 4.98 Å². The van der Waals surface area contributed by atoms with Crippen molar-refractivity contribution in [2.45, 2.75) is 0 Å². The lowest BCUT2D eigenvalue weighted by atomic mass is 10.3. The highest BCUT2D eigenvalue weighted by Crippen LogP contribution is 2.31. The minimum Gasteiger partial charge on any atom is -0.388 e. The molecule has 0 bridgehead atoms. The first kappa shape index (κ1) is 13.3. The van der Waals surface area contributed by atoms with Crippen molar-refractivity contribution in [2.24, 2.45) is 5.73 Å². The Morgan fingerprint density at radius 1 is 1.33 bits per heavy atom. The molecule has 2 aromatic rings. The summed E-state index contributed by atoms with van der Waals surface area (Å²) in [4.78, 5) is 4.43. The highest BCUT2D eigenvalue weighted by molar-refractivity contribution is 9.10. The second kappa shape index (κ2) is 5.65. The average Bonchev–Trinajstić information content (AvgIpc) is 2.36. The van der Waals surface area contributed by atoms with E-state index in [1.165, 1.54) is 0 Å². The summed E-state index contributed by atoms with van der Waals surface area (Å²) in [6, 6.07) is 9.21. The van der Waals surface area contributed by atoms with Gasteiger partial charge in [0, 0.05) is 0 Å². The number of hydrogen-bond donors (Lipinski definition) is 2. The molecule has 6 heteroatoms. The van der Waals surface area contributed by atoms with Crippen molar-refractivity contribution in [1.82, 2.24) is 4.98 Å². The van der Waals surface area contributed by atoms with Crippen LogP contribution in [0.1, 0.15) is 5.69 Å². The van der Waals surface area contributed by atoms with Gasteiger partial charge in [0.15, 0.2) is 0 Å². The van der Waals surface area contributed by atoms with Crippen molar-refractivity contribution < 1.29 is 0 Å². The van der Waals surface area contributed by atoms with Crippen molar-refractivity contribution in [3.8, 4) is 0 Å². The number of nitrogens with one attached hydrogen (secondary N) is 1. The van der Waals surface area contributed by atoms with Crippen LogP contribution in [0.4, 0.5) is 11.4 Å². The maximum Gasteiger partial charge on any atom is 0.122 e. The quantitative estimate of drug-likeness (QED) is 0.831. The first-order valence-corrected chi connectivity index (χ1v) is 6.63. The molecule has 1 heterocycles. The van der Waals surface area contributed by atoms with E-state index in [2.05, 4.69) is 26.2 Å².